The first-order valence-corrected chi connectivity index (χ1v) is 6.92. The molecule has 6 nitrogen and oxygen atoms in total. The zero-order chi connectivity index (χ0) is 14.7. The number of nitrogens with zero attached hydrogens (tertiary/aromatic N) is 3. The molecule has 3 rings (SSSR count). The topological polar surface area (TPSA) is 86.3 Å². The molecular formula is C14H10BrN5O. The van der Waals surface area contributed by atoms with Crippen molar-refractivity contribution in [3.05, 3.63) is 63.6 Å². The highest BCUT2D eigenvalue weighted by molar-refractivity contribution is 9.10. The summed E-state index contributed by atoms with van der Waals surface area (Å²) in [6, 6.07) is 11.0. The van der Waals surface area contributed by atoms with Crippen molar-refractivity contribution in [2.45, 2.75) is 0 Å². The van der Waals surface area contributed by atoms with Crippen molar-refractivity contribution >= 4 is 27.3 Å². The molecule has 0 amide bonds. The van der Waals surface area contributed by atoms with Gasteiger partial charge in [0.15, 0.2) is 5.69 Å². The predicted octanol–water partition coefficient (Wildman–Crippen LogP) is 3.94. The summed E-state index contributed by atoms with van der Waals surface area (Å²) in [5.74, 6) is 0. The molecule has 104 valence electrons. The molecule has 0 saturated carbocycles. The van der Waals surface area contributed by atoms with Gasteiger partial charge in [-0.25, -0.2) is 0 Å². The third kappa shape index (κ3) is 2.97. The van der Waals surface area contributed by atoms with E-state index >= 15 is 0 Å². The second-order valence-electron chi connectivity index (χ2n) is 4.22. The number of aromatic nitrogens is 3. The number of rotatable bonds is 3. The van der Waals surface area contributed by atoms with Crippen LogP contribution in [0.3, 0.4) is 0 Å². The van der Waals surface area contributed by atoms with Crippen LogP contribution in [0.25, 0.3) is 11.3 Å². The Morgan fingerprint density at radius 3 is 2.76 bits per heavy atom. The molecule has 0 bridgehead atoms. The molecule has 7 heteroatoms. The third-order valence-corrected chi connectivity index (χ3v) is 3.27. The maximum Gasteiger partial charge on any atom is 0.292 e. The van der Waals surface area contributed by atoms with Crippen LogP contribution in [0.1, 0.15) is 0 Å². The van der Waals surface area contributed by atoms with E-state index in [-0.39, 0.29) is 11.2 Å². The summed E-state index contributed by atoms with van der Waals surface area (Å²) in [6.45, 7) is 0. The van der Waals surface area contributed by atoms with Gasteiger partial charge in [-0.05, 0) is 30.3 Å². The van der Waals surface area contributed by atoms with Crippen molar-refractivity contribution < 1.29 is 0 Å². The lowest BCUT2D eigenvalue weighted by Gasteiger charge is -1.97. The van der Waals surface area contributed by atoms with E-state index in [4.69, 9.17) is 0 Å². The van der Waals surface area contributed by atoms with Crippen LogP contribution in [0, 0.1) is 0 Å². The molecule has 0 unspecified atom stereocenters. The lowest BCUT2D eigenvalue weighted by atomic mass is 10.2. The fourth-order valence-corrected chi connectivity index (χ4v) is 2.20. The molecule has 0 saturated heterocycles. The van der Waals surface area contributed by atoms with Gasteiger partial charge in [0, 0.05) is 22.4 Å². The Kier molecular flexibility index (Phi) is 3.74. The molecule has 2 heterocycles. The van der Waals surface area contributed by atoms with E-state index in [9.17, 15) is 4.79 Å². The number of nitrogens with one attached hydrogen (secondary N) is 2. The summed E-state index contributed by atoms with van der Waals surface area (Å²) in [4.78, 5) is 15.9. The molecule has 0 aliphatic carbocycles. The Morgan fingerprint density at radius 2 is 2.00 bits per heavy atom. The van der Waals surface area contributed by atoms with E-state index in [0.717, 1.165) is 10.0 Å². The SMILES string of the molecule is O=c1[nH][nH]c(-c2cccnc2)c1N=Nc1cccc(Br)c1. The summed E-state index contributed by atoms with van der Waals surface area (Å²) in [5.41, 5.74) is 1.88. The van der Waals surface area contributed by atoms with Gasteiger partial charge in [0.2, 0.25) is 0 Å². The first kappa shape index (κ1) is 13.4. The number of hydrogen-bond donors (Lipinski definition) is 2. The summed E-state index contributed by atoms with van der Waals surface area (Å²) < 4.78 is 0.898. The highest BCUT2D eigenvalue weighted by Gasteiger charge is 2.11. The molecule has 2 N–H and O–H groups in total. The molecular weight excluding hydrogens is 334 g/mol. The van der Waals surface area contributed by atoms with Crippen LogP contribution in [-0.2, 0) is 0 Å². The van der Waals surface area contributed by atoms with E-state index in [1.807, 2.05) is 24.3 Å². The minimum atomic E-state index is -0.326. The largest absolute Gasteiger partial charge is 0.295 e. The van der Waals surface area contributed by atoms with Crippen LogP contribution in [0.2, 0.25) is 0 Å². The van der Waals surface area contributed by atoms with Crippen molar-refractivity contribution in [2.24, 2.45) is 10.2 Å². The normalized spacial score (nSPS) is 11.1. The monoisotopic (exact) mass is 343 g/mol. The van der Waals surface area contributed by atoms with Gasteiger partial charge in [0.05, 0.1) is 11.4 Å². The Bertz CT molecular complexity index is 838. The smallest absolute Gasteiger partial charge is 0.292 e. The highest BCUT2D eigenvalue weighted by atomic mass is 79.9. The van der Waals surface area contributed by atoms with Gasteiger partial charge >= 0.3 is 0 Å². The summed E-state index contributed by atoms with van der Waals surface area (Å²) >= 11 is 3.36. The summed E-state index contributed by atoms with van der Waals surface area (Å²) in [6.07, 6.45) is 3.31. The molecule has 0 aliphatic heterocycles. The molecule has 0 aliphatic rings. The van der Waals surface area contributed by atoms with Gasteiger partial charge in [-0.15, -0.1) is 5.11 Å². The number of H-pyrrole nitrogens is 2. The van der Waals surface area contributed by atoms with Gasteiger partial charge in [-0.3, -0.25) is 20.0 Å². The number of halogens is 1. The Balaban J connectivity index is 2.00. The fraction of sp³-hybridized carbons (Fsp3) is 0. The van der Waals surface area contributed by atoms with E-state index < -0.39 is 0 Å². The molecule has 0 atom stereocenters. The molecule has 21 heavy (non-hydrogen) atoms. The zero-order valence-corrected chi connectivity index (χ0v) is 12.3. The van der Waals surface area contributed by atoms with Crippen molar-refractivity contribution in [3.63, 3.8) is 0 Å². The van der Waals surface area contributed by atoms with Gasteiger partial charge in [0.1, 0.15) is 0 Å². The van der Waals surface area contributed by atoms with Crippen molar-refractivity contribution in [3.8, 4) is 11.3 Å². The maximum absolute atomic E-state index is 11.8. The Morgan fingerprint density at radius 1 is 1.10 bits per heavy atom. The van der Waals surface area contributed by atoms with E-state index in [2.05, 4.69) is 41.3 Å². The highest BCUT2D eigenvalue weighted by Crippen LogP contribution is 2.26. The van der Waals surface area contributed by atoms with Crippen LogP contribution in [0.4, 0.5) is 11.4 Å². The molecule has 0 radical (unpaired) electrons. The Hall–Kier alpha value is -2.54. The fourth-order valence-electron chi connectivity index (χ4n) is 1.81. The average Bonchev–Trinajstić information content (AvgIpc) is 2.87. The predicted molar refractivity (Wildman–Crippen MR) is 83.0 cm³/mol. The molecule has 2 aromatic heterocycles. The maximum atomic E-state index is 11.8. The van der Waals surface area contributed by atoms with Gasteiger partial charge < -0.3 is 0 Å². The molecule has 3 aromatic rings. The average molecular weight is 344 g/mol. The van der Waals surface area contributed by atoms with Gasteiger partial charge in [-0.1, -0.05) is 22.0 Å². The first-order valence-electron chi connectivity index (χ1n) is 6.12. The van der Waals surface area contributed by atoms with Crippen molar-refractivity contribution in [2.75, 3.05) is 0 Å². The second-order valence-corrected chi connectivity index (χ2v) is 5.14. The Labute approximate surface area is 128 Å². The van der Waals surface area contributed by atoms with Crippen molar-refractivity contribution in [1.82, 2.24) is 15.2 Å². The number of azo groups is 1. The summed E-state index contributed by atoms with van der Waals surface area (Å²) in [5, 5.41) is 13.5. The number of hydrogen-bond acceptors (Lipinski definition) is 4. The van der Waals surface area contributed by atoms with Crippen LogP contribution in [0.15, 0.2) is 68.3 Å². The standard InChI is InChI=1S/C14H10BrN5O/c15-10-4-1-5-11(7-10)17-19-13-12(18-20-14(13)21)9-3-2-6-16-8-9/h1-8H,(H2,18,20,21). The second kappa shape index (κ2) is 5.84. The van der Waals surface area contributed by atoms with Crippen LogP contribution in [-0.4, -0.2) is 15.2 Å². The van der Waals surface area contributed by atoms with Crippen LogP contribution >= 0.6 is 15.9 Å². The molecule has 1 aromatic carbocycles. The number of pyridine rings is 1. The van der Waals surface area contributed by atoms with Crippen molar-refractivity contribution in [1.29, 1.82) is 0 Å². The summed E-state index contributed by atoms with van der Waals surface area (Å²) in [7, 11) is 0. The van der Waals surface area contributed by atoms with E-state index in [1.165, 1.54) is 0 Å². The van der Waals surface area contributed by atoms with Gasteiger partial charge in [-0.2, -0.15) is 5.11 Å². The number of benzene rings is 1. The lowest BCUT2D eigenvalue weighted by Crippen LogP contribution is -1.96. The minimum Gasteiger partial charge on any atom is -0.295 e. The minimum absolute atomic E-state index is 0.225. The molecule has 0 fully saturated rings. The third-order valence-electron chi connectivity index (χ3n) is 2.78. The first-order chi connectivity index (χ1) is 10.2. The lowest BCUT2D eigenvalue weighted by molar-refractivity contribution is 1.06. The zero-order valence-electron chi connectivity index (χ0n) is 10.7. The number of aromatic amines is 2. The van der Waals surface area contributed by atoms with Crippen LogP contribution in [0.5, 0.6) is 0 Å². The van der Waals surface area contributed by atoms with Crippen LogP contribution < -0.4 is 5.56 Å². The van der Waals surface area contributed by atoms with Gasteiger partial charge in [0.25, 0.3) is 5.56 Å². The molecule has 0 spiro atoms. The van der Waals surface area contributed by atoms with E-state index in [0.29, 0.717) is 11.4 Å². The van der Waals surface area contributed by atoms with E-state index in [1.54, 1.807) is 24.5 Å². The quantitative estimate of drug-likeness (QED) is 0.705.